The van der Waals surface area contributed by atoms with Crippen LogP contribution in [0.1, 0.15) is 17.4 Å². The van der Waals surface area contributed by atoms with E-state index in [0.717, 1.165) is 0 Å². The maximum absolute atomic E-state index is 12.4. The molecule has 0 atom stereocenters. The van der Waals surface area contributed by atoms with Crippen LogP contribution >= 0.6 is 0 Å². The predicted octanol–water partition coefficient (Wildman–Crippen LogP) is 2.10. The van der Waals surface area contributed by atoms with Gasteiger partial charge in [0.2, 0.25) is 0 Å². The van der Waals surface area contributed by atoms with Gasteiger partial charge in [0, 0.05) is 19.1 Å². The van der Waals surface area contributed by atoms with Crippen molar-refractivity contribution >= 4 is 16.9 Å². The molecule has 0 spiro atoms. The van der Waals surface area contributed by atoms with Crippen molar-refractivity contribution in [2.45, 2.75) is 6.92 Å². The minimum atomic E-state index is -0.647. The van der Waals surface area contributed by atoms with Crippen LogP contribution in [0.15, 0.2) is 16.5 Å². The zero-order valence-electron chi connectivity index (χ0n) is 6.35. The van der Waals surface area contributed by atoms with Crippen LogP contribution < -0.4 is 0 Å². The zero-order chi connectivity index (χ0) is 8.72. The number of nitrogens with one attached hydrogen (secondary N) is 1. The Morgan fingerprint density at radius 2 is 2.33 bits per heavy atom. The Bertz CT molecular complexity index is 409. The number of rotatable bonds is 1. The fourth-order valence-corrected chi connectivity index (χ4v) is 1.08. The summed E-state index contributed by atoms with van der Waals surface area (Å²) in [5.41, 5.74) is 1.32. The number of halogens is 1. The van der Waals surface area contributed by atoms with Gasteiger partial charge in [-0.3, -0.25) is 4.79 Å². The number of H-pyrrole nitrogens is 1. The van der Waals surface area contributed by atoms with Gasteiger partial charge in [-0.05, 0) is 0 Å². The molecule has 0 aliphatic carbocycles. The van der Waals surface area contributed by atoms with Crippen molar-refractivity contribution in [2.24, 2.45) is 0 Å². The Balaban J connectivity index is 2.64. The third-order valence-electron chi connectivity index (χ3n) is 1.65. The molecule has 2 heterocycles. The van der Waals surface area contributed by atoms with Gasteiger partial charge in [0.25, 0.3) is 6.01 Å². The number of aromatic amines is 1. The van der Waals surface area contributed by atoms with Crippen LogP contribution in [0.4, 0.5) is 4.39 Å². The molecule has 2 rings (SSSR count). The van der Waals surface area contributed by atoms with Gasteiger partial charge < -0.3 is 9.40 Å². The summed E-state index contributed by atoms with van der Waals surface area (Å²) in [5.74, 6) is -0.0955. The minimum Gasteiger partial charge on any atom is -0.429 e. The number of hydrogen-bond acceptors (Lipinski definition) is 2. The predicted molar refractivity (Wildman–Crippen MR) is 40.5 cm³/mol. The van der Waals surface area contributed by atoms with Crippen LogP contribution in [0.3, 0.4) is 0 Å². The van der Waals surface area contributed by atoms with E-state index in [1.807, 2.05) is 0 Å². The van der Waals surface area contributed by atoms with Crippen LogP contribution in [0.2, 0.25) is 0 Å². The summed E-state index contributed by atoms with van der Waals surface area (Å²) in [6.45, 7) is 1.43. The summed E-state index contributed by atoms with van der Waals surface area (Å²) in [5, 5.41) is 0. The van der Waals surface area contributed by atoms with E-state index in [1.165, 1.54) is 19.1 Å². The van der Waals surface area contributed by atoms with Gasteiger partial charge >= 0.3 is 0 Å². The quantitative estimate of drug-likeness (QED) is 0.661. The number of furan rings is 1. The highest BCUT2D eigenvalue weighted by molar-refractivity contribution is 5.96. The van der Waals surface area contributed by atoms with Crippen LogP contribution in [0, 0.1) is 6.01 Å². The minimum absolute atomic E-state index is 0.0955. The van der Waals surface area contributed by atoms with Gasteiger partial charge in [-0.25, -0.2) is 0 Å². The molecule has 0 aliphatic heterocycles. The largest absolute Gasteiger partial charge is 0.429 e. The number of Topliss-reactive ketones (excluding diaryl/α,β-unsaturated/α-hetero) is 1. The van der Waals surface area contributed by atoms with E-state index in [0.29, 0.717) is 16.8 Å². The highest BCUT2D eigenvalue weighted by atomic mass is 19.1. The molecule has 0 saturated heterocycles. The van der Waals surface area contributed by atoms with Crippen LogP contribution in [-0.4, -0.2) is 10.8 Å². The van der Waals surface area contributed by atoms with Gasteiger partial charge in [-0.1, -0.05) is 0 Å². The van der Waals surface area contributed by atoms with Gasteiger partial charge in [0.05, 0.1) is 11.2 Å². The van der Waals surface area contributed by atoms with E-state index in [-0.39, 0.29) is 5.78 Å². The molecule has 0 unspecified atom stereocenters. The summed E-state index contributed by atoms with van der Waals surface area (Å²) >= 11 is 0. The summed E-state index contributed by atoms with van der Waals surface area (Å²) in [6.07, 6.45) is 0. The molecular weight excluding hydrogens is 161 g/mol. The topological polar surface area (TPSA) is 46.0 Å². The highest BCUT2D eigenvalue weighted by Crippen LogP contribution is 2.18. The second-order valence-electron chi connectivity index (χ2n) is 2.57. The van der Waals surface area contributed by atoms with Crippen molar-refractivity contribution in [3.8, 4) is 0 Å². The lowest BCUT2D eigenvalue weighted by atomic mass is 10.3. The maximum Gasteiger partial charge on any atom is 0.280 e. The maximum atomic E-state index is 12.4. The SMILES string of the molecule is CC(=O)c1cc2oc(F)cc2[nH]1. The molecule has 0 radical (unpaired) electrons. The molecular formula is C8H6FNO2. The average Bonchev–Trinajstić information content (AvgIpc) is 2.42. The Morgan fingerprint density at radius 1 is 1.58 bits per heavy atom. The van der Waals surface area contributed by atoms with Crippen molar-refractivity contribution in [1.82, 2.24) is 4.98 Å². The van der Waals surface area contributed by atoms with E-state index >= 15 is 0 Å². The number of hydrogen-bond donors (Lipinski definition) is 1. The first-order valence-corrected chi connectivity index (χ1v) is 3.46. The smallest absolute Gasteiger partial charge is 0.280 e. The lowest BCUT2D eigenvalue weighted by Gasteiger charge is -1.83. The third kappa shape index (κ3) is 0.922. The third-order valence-corrected chi connectivity index (χ3v) is 1.65. The zero-order valence-corrected chi connectivity index (χ0v) is 6.35. The van der Waals surface area contributed by atoms with E-state index in [1.54, 1.807) is 0 Å². The summed E-state index contributed by atoms with van der Waals surface area (Å²) in [7, 11) is 0. The van der Waals surface area contributed by atoms with Gasteiger partial charge in [0.15, 0.2) is 11.4 Å². The molecule has 2 aromatic rings. The Labute approximate surface area is 67.2 Å². The first-order valence-electron chi connectivity index (χ1n) is 3.46. The highest BCUT2D eigenvalue weighted by Gasteiger charge is 2.09. The molecule has 1 N–H and O–H groups in total. The molecule has 62 valence electrons. The summed E-state index contributed by atoms with van der Waals surface area (Å²) in [6, 6.07) is 2.05. The van der Waals surface area contributed by atoms with E-state index in [4.69, 9.17) is 0 Å². The molecule has 0 saturated carbocycles. The molecule has 0 aromatic carbocycles. The second-order valence-corrected chi connectivity index (χ2v) is 2.57. The molecule has 0 amide bonds. The number of aromatic nitrogens is 1. The van der Waals surface area contributed by atoms with Crippen molar-refractivity contribution in [3.63, 3.8) is 0 Å². The number of fused-ring (bicyclic) bond motifs is 1. The number of ketones is 1. The van der Waals surface area contributed by atoms with E-state index in [2.05, 4.69) is 9.40 Å². The fraction of sp³-hybridized carbons (Fsp3) is 0.125. The molecule has 4 heteroatoms. The first kappa shape index (κ1) is 7.09. The monoisotopic (exact) mass is 167 g/mol. The molecule has 3 nitrogen and oxygen atoms in total. The summed E-state index contributed by atoms with van der Waals surface area (Å²) in [4.78, 5) is 13.6. The van der Waals surface area contributed by atoms with Gasteiger partial charge in [-0.2, -0.15) is 4.39 Å². The van der Waals surface area contributed by atoms with Crippen molar-refractivity contribution in [3.05, 3.63) is 23.8 Å². The number of carbonyl (C=O) groups is 1. The summed E-state index contributed by atoms with van der Waals surface area (Å²) < 4.78 is 17.1. The molecule has 0 bridgehead atoms. The standard InChI is InChI=1S/C8H6FNO2/c1-4(11)5-2-7-6(10-5)3-8(9)12-7/h2-3,10H,1H3. The fourth-order valence-electron chi connectivity index (χ4n) is 1.08. The van der Waals surface area contributed by atoms with Gasteiger partial charge in [-0.15, -0.1) is 0 Å². The Hall–Kier alpha value is -1.58. The average molecular weight is 167 g/mol. The van der Waals surface area contributed by atoms with E-state index < -0.39 is 6.01 Å². The van der Waals surface area contributed by atoms with Crippen molar-refractivity contribution in [2.75, 3.05) is 0 Å². The van der Waals surface area contributed by atoms with Crippen LogP contribution in [-0.2, 0) is 0 Å². The van der Waals surface area contributed by atoms with Crippen LogP contribution in [0.25, 0.3) is 11.1 Å². The molecule has 12 heavy (non-hydrogen) atoms. The van der Waals surface area contributed by atoms with Gasteiger partial charge in [0.1, 0.15) is 0 Å². The Morgan fingerprint density at radius 3 is 2.92 bits per heavy atom. The lowest BCUT2D eigenvalue weighted by Crippen LogP contribution is -1.90. The Kier molecular flexibility index (Phi) is 1.30. The van der Waals surface area contributed by atoms with Crippen molar-refractivity contribution < 1.29 is 13.6 Å². The molecule has 0 fully saturated rings. The van der Waals surface area contributed by atoms with E-state index in [9.17, 15) is 9.18 Å². The normalized spacial score (nSPS) is 10.8. The van der Waals surface area contributed by atoms with Crippen LogP contribution in [0.5, 0.6) is 0 Å². The number of carbonyl (C=O) groups excluding carboxylic acids is 1. The molecule has 2 aromatic heterocycles. The first-order chi connectivity index (χ1) is 5.66. The van der Waals surface area contributed by atoms with Crippen molar-refractivity contribution in [1.29, 1.82) is 0 Å². The lowest BCUT2D eigenvalue weighted by molar-refractivity contribution is 0.101. The molecule has 0 aliphatic rings. The second kappa shape index (κ2) is 2.20.